The summed E-state index contributed by atoms with van der Waals surface area (Å²) in [5.74, 6) is 1.07. The highest BCUT2D eigenvalue weighted by atomic mass is 35.5. The number of halogens is 1. The molecule has 3 heterocycles. The molecule has 2 atom stereocenters. The fourth-order valence-corrected chi connectivity index (χ4v) is 4.41. The van der Waals surface area contributed by atoms with E-state index in [1.165, 1.54) is 0 Å². The number of rotatable bonds is 2. The molecule has 130 valence electrons. The number of thiophene rings is 1. The predicted octanol–water partition coefficient (Wildman–Crippen LogP) is 5.35. The minimum Gasteiger partial charge on any atom is -0.507 e. The van der Waals surface area contributed by atoms with Crippen molar-refractivity contribution in [2.45, 2.75) is 18.7 Å². The summed E-state index contributed by atoms with van der Waals surface area (Å²) in [6.07, 6.45) is 0.412. The van der Waals surface area contributed by atoms with Crippen molar-refractivity contribution in [3.05, 3.63) is 81.0 Å². The molecule has 2 aromatic carbocycles. The van der Waals surface area contributed by atoms with Gasteiger partial charge in [0, 0.05) is 28.1 Å². The normalized spacial score (nSPS) is 21.0. The maximum absolute atomic E-state index is 10.3. The largest absolute Gasteiger partial charge is 0.507 e. The van der Waals surface area contributed by atoms with Gasteiger partial charge in [0.25, 0.3) is 0 Å². The summed E-state index contributed by atoms with van der Waals surface area (Å²) in [4.78, 5) is 0. The highest BCUT2D eigenvalue weighted by Crippen LogP contribution is 2.48. The van der Waals surface area contributed by atoms with Gasteiger partial charge in [0.05, 0.1) is 11.8 Å². The van der Waals surface area contributed by atoms with E-state index in [2.05, 4.69) is 17.5 Å². The highest BCUT2D eigenvalue weighted by Gasteiger charge is 2.41. The molecule has 0 saturated heterocycles. The van der Waals surface area contributed by atoms with Gasteiger partial charge in [0.1, 0.15) is 11.5 Å². The van der Waals surface area contributed by atoms with Crippen LogP contribution in [0.15, 0.2) is 64.4 Å². The second-order valence-corrected chi connectivity index (χ2v) is 7.59. The summed E-state index contributed by atoms with van der Waals surface area (Å²) in [5, 5.41) is 21.8. The molecular weight excluding hydrogens is 368 g/mol. The van der Waals surface area contributed by atoms with Crippen LogP contribution in [0, 0.1) is 0 Å². The summed E-state index contributed by atoms with van der Waals surface area (Å²) >= 11 is 7.77. The van der Waals surface area contributed by atoms with Gasteiger partial charge in [-0.3, -0.25) is 0 Å². The predicted molar refractivity (Wildman–Crippen MR) is 103 cm³/mol. The molecule has 4 nitrogen and oxygen atoms in total. The number of ether oxygens (including phenoxy) is 1. The van der Waals surface area contributed by atoms with Crippen molar-refractivity contribution in [3.63, 3.8) is 0 Å². The van der Waals surface area contributed by atoms with E-state index in [-0.39, 0.29) is 18.0 Å². The molecule has 2 aliphatic heterocycles. The Morgan fingerprint density at radius 3 is 2.92 bits per heavy atom. The number of benzene rings is 2. The Hall–Kier alpha value is -2.50. The Morgan fingerprint density at radius 2 is 2.08 bits per heavy atom. The Labute approximate surface area is 159 Å². The molecule has 0 aliphatic carbocycles. The molecule has 1 N–H and O–H groups in total. The third-order valence-corrected chi connectivity index (χ3v) is 5.73. The van der Waals surface area contributed by atoms with Gasteiger partial charge in [-0.25, -0.2) is 5.01 Å². The van der Waals surface area contributed by atoms with Gasteiger partial charge in [-0.15, -0.1) is 0 Å². The van der Waals surface area contributed by atoms with Gasteiger partial charge in [-0.1, -0.05) is 29.8 Å². The van der Waals surface area contributed by atoms with Crippen molar-refractivity contribution in [2.24, 2.45) is 5.10 Å². The average Bonchev–Trinajstić information content (AvgIpc) is 3.33. The number of fused-ring (bicyclic) bond motifs is 3. The minimum absolute atomic E-state index is 0.0678. The molecule has 5 rings (SSSR count). The van der Waals surface area contributed by atoms with Crippen molar-refractivity contribution in [2.75, 3.05) is 0 Å². The van der Waals surface area contributed by atoms with Crippen LogP contribution in [-0.2, 0) is 0 Å². The standard InChI is InChI=1S/C20H15ClN2O2S/c21-13-5-6-18(24)15(9-13)16-10-17-14-3-1-2-4-19(14)25-20(23(17)22-16)12-7-8-26-11-12/h1-9,11,17,20,24H,10H2/t17-,20-/m0/s1. The second-order valence-electron chi connectivity index (χ2n) is 6.37. The lowest BCUT2D eigenvalue weighted by molar-refractivity contribution is -0.0187. The Bertz CT molecular complexity index is 1000. The van der Waals surface area contributed by atoms with Crippen LogP contribution >= 0.6 is 22.9 Å². The summed E-state index contributed by atoms with van der Waals surface area (Å²) in [6.45, 7) is 0. The molecule has 0 fully saturated rings. The lowest BCUT2D eigenvalue weighted by atomic mass is 9.96. The zero-order valence-electron chi connectivity index (χ0n) is 13.7. The Morgan fingerprint density at radius 1 is 1.19 bits per heavy atom. The minimum atomic E-state index is -0.278. The summed E-state index contributed by atoms with van der Waals surface area (Å²) in [6, 6.07) is 15.3. The topological polar surface area (TPSA) is 45.1 Å². The van der Waals surface area contributed by atoms with Gasteiger partial charge < -0.3 is 9.84 Å². The van der Waals surface area contributed by atoms with Crippen LogP contribution in [-0.4, -0.2) is 15.8 Å². The molecule has 2 aliphatic rings. The number of hydrogen-bond acceptors (Lipinski definition) is 5. The monoisotopic (exact) mass is 382 g/mol. The number of para-hydroxylation sites is 1. The zero-order chi connectivity index (χ0) is 17.7. The molecule has 0 bridgehead atoms. The van der Waals surface area contributed by atoms with Crippen LogP contribution in [0.1, 0.15) is 35.4 Å². The van der Waals surface area contributed by atoms with Gasteiger partial charge in [-0.2, -0.15) is 16.4 Å². The Kier molecular flexibility index (Phi) is 3.65. The second kappa shape index (κ2) is 6.04. The maximum Gasteiger partial charge on any atom is 0.214 e. The number of hydrazone groups is 1. The van der Waals surface area contributed by atoms with E-state index < -0.39 is 0 Å². The van der Waals surface area contributed by atoms with Crippen molar-refractivity contribution in [1.29, 1.82) is 0 Å². The van der Waals surface area contributed by atoms with Crippen LogP contribution in [0.2, 0.25) is 5.02 Å². The van der Waals surface area contributed by atoms with E-state index in [9.17, 15) is 5.11 Å². The third kappa shape index (κ3) is 2.47. The number of nitrogens with zero attached hydrogens (tertiary/aromatic N) is 2. The molecule has 26 heavy (non-hydrogen) atoms. The number of phenolic OH excluding ortho intramolecular Hbond substituents is 1. The van der Waals surface area contributed by atoms with E-state index in [1.807, 2.05) is 28.6 Å². The highest BCUT2D eigenvalue weighted by molar-refractivity contribution is 7.07. The molecule has 0 amide bonds. The first-order valence-corrected chi connectivity index (χ1v) is 9.65. The zero-order valence-corrected chi connectivity index (χ0v) is 15.2. The van der Waals surface area contributed by atoms with Gasteiger partial charge in [0.2, 0.25) is 6.23 Å². The quantitative estimate of drug-likeness (QED) is 0.649. The van der Waals surface area contributed by atoms with E-state index >= 15 is 0 Å². The fraction of sp³-hybridized carbons (Fsp3) is 0.150. The van der Waals surface area contributed by atoms with Crippen LogP contribution in [0.4, 0.5) is 0 Å². The van der Waals surface area contributed by atoms with Crippen molar-refractivity contribution < 1.29 is 9.84 Å². The number of hydrogen-bond donors (Lipinski definition) is 1. The van der Waals surface area contributed by atoms with Gasteiger partial charge >= 0.3 is 0 Å². The molecule has 0 spiro atoms. The first-order chi connectivity index (χ1) is 12.7. The molecule has 0 unspecified atom stereocenters. The molecular formula is C20H15ClN2O2S. The molecule has 0 radical (unpaired) electrons. The van der Waals surface area contributed by atoms with Crippen molar-refractivity contribution >= 4 is 28.6 Å². The van der Waals surface area contributed by atoms with E-state index in [4.69, 9.17) is 21.4 Å². The number of aromatic hydroxyl groups is 1. The first kappa shape index (κ1) is 15.7. The SMILES string of the molecule is Oc1ccc(Cl)cc1C1=NN2[C@@H](C1)c1ccccc1O[C@H]2c1ccsc1. The molecule has 3 aromatic rings. The average molecular weight is 383 g/mol. The van der Waals surface area contributed by atoms with E-state index in [0.29, 0.717) is 17.0 Å². The fourth-order valence-electron chi connectivity index (χ4n) is 3.57. The Balaban J connectivity index is 1.62. The molecule has 0 saturated carbocycles. The third-order valence-electron chi connectivity index (χ3n) is 4.80. The van der Waals surface area contributed by atoms with Crippen LogP contribution in [0.5, 0.6) is 11.5 Å². The lowest BCUT2D eigenvalue weighted by Crippen LogP contribution is -2.33. The molecule has 1 aromatic heterocycles. The lowest BCUT2D eigenvalue weighted by Gasteiger charge is -2.37. The smallest absolute Gasteiger partial charge is 0.214 e. The maximum atomic E-state index is 10.3. The summed E-state index contributed by atoms with van der Waals surface area (Å²) < 4.78 is 6.27. The molecule has 6 heteroatoms. The van der Waals surface area contributed by atoms with Crippen LogP contribution in [0.25, 0.3) is 0 Å². The van der Waals surface area contributed by atoms with Crippen LogP contribution in [0.3, 0.4) is 0 Å². The number of phenols is 1. The summed E-state index contributed by atoms with van der Waals surface area (Å²) in [5.41, 5.74) is 3.68. The van der Waals surface area contributed by atoms with Crippen LogP contribution < -0.4 is 4.74 Å². The van der Waals surface area contributed by atoms with Gasteiger partial charge in [-0.05, 0) is 41.1 Å². The van der Waals surface area contributed by atoms with E-state index in [0.717, 1.165) is 22.6 Å². The first-order valence-electron chi connectivity index (χ1n) is 8.33. The summed E-state index contributed by atoms with van der Waals surface area (Å²) in [7, 11) is 0. The van der Waals surface area contributed by atoms with Crippen molar-refractivity contribution in [1.82, 2.24) is 5.01 Å². The van der Waals surface area contributed by atoms with E-state index in [1.54, 1.807) is 29.5 Å². The van der Waals surface area contributed by atoms with Crippen molar-refractivity contribution in [3.8, 4) is 11.5 Å². The van der Waals surface area contributed by atoms with Gasteiger partial charge in [0.15, 0.2) is 0 Å².